The Morgan fingerprint density at radius 1 is 1.38 bits per heavy atom. The Labute approximate surface area is 136 Å². The second-order valence-corrected chi connectivity index (χ2v) is 7.41. The molecule has 1 aromatic carbocycles. The first-order chi connectivity index (χ1) is 10.1. The smallest absolute Gasteiger partial charge is 0.119 e. The third-order valence-electron chi connectivity index (χ3n) is 5.09. The zero-order valence-electron chi connectivity index (χ0n) is 13.0. The molecule has 1 saturated heterocycles. The van der Waals surface area contributed by atoms with Crippen LogP contribution in [0.25, 0.3) is 0 Å². The summed E-state index contributed by atoms with van der Waals surface area (Å²) in [6.45, 7) is 5.55. The summed E-state index contributed by atoms with van der Waals surface area (Å²) in [5.74, 6) is 0.942. The second kappa shape index (κ2) is 6.27. The molecular formula is C17H25BrN2O. The van der Waals surface area contributed by atoms with Gasteiger partial charge in [-0.1, -0.05) is 28.8 Å². The van der Waals surface area contributed by atoms with E-state index in [0.717, 1.165) is 25.4 Å². The van der Waals surface area contributed by atoms with Gasteiger partial charge in [-0.3, -0.25) is 4.90 Å². The summed E-state index contributed by atoms with van der Waals surface area (Å²) in [6, 6.07) is 6.85. The molecule has 3 rings (SSSR count). The highest BCUT2D eigenvalue weighted by Crippen LogP contribution is 2.38. The van der Waals surface area contributed by atoms with Gasteiger partial charge in [-0.15, -0.1) is 0 Å². The van der Waals surface area contributed by atoms with Crippen LogP contribution in [-0.4, -0.2) is 36.7 Å². The van der Waals surface area contributed by atoms with E-state index in [2.05, 4.69) is 45.2 Å². The maximum atomic E-state index is 5.39. The van der Waals surface area contributed by atoms with E-state index >= 15 is 0 Å². The molecule has 21 heavy (non-hydrogen) atoms. The lowest BCUT2D eigenvalue weighted by atomic mass is 9.90. The van der Waals surface area contributed by atoms with Crippen LogP contribution in [0.4, 0.5) is 0 Å². The third kappa shape index (κ3) is 3.13. The Kier molecular flexibility index (Phi) is 4.57. The Hall–Kier alpha value is -0.580. The molecule has 1 heterocycles. The van der Waals surface area contributed by atoms with Crippen molar-refractivity contribution < 1.29 is 4.74 Å². The van der Waals surface area contributed by atoms with E-state index in [4.69, 9.17) is 4.74 Å². The van der Waals surface area contributed by atoms with Gasteiger partial charge in [0.1, 0.15) is 5.75 Å². The zero-order chi connectivity index (χ0) is 14.9. The predicted octanol–water partition coefficient (Wildman–Crippen LogP) is 3.56. The maximum Gasteiger partial charge on any atom is 0.119 e. The minimum Gasteiger partial charge on any atom is -0.497 e. The molecule has 2 aliphatic rings. The molecule has 116 valence electrons. The molecule has 1 aromatic rings. The van der Waals surface area contributed by atoms with Crippen LogP contribution in [-0.2, 0) is 6.54 Å². The molecular weight excluding hydrogens is 328 g/mol. The number of hydrogen-bond donors (Lipinski definition) is 1. The van der Waals surface area contributed by atoms with Crippen LogP contribution in [0.1, 0.15) is 38.2 Å². The van der Waals surface area contributed by atoms with Gasteiger partial charge in [0.25, 0.3) is 0 Å². The van der Waals surface area contributed by atoms with Crippen molar-refractivity contribution in [2.75, 3.05) is 20.2 Å². The number of piperazine rings is 1. The van der Waals surface area contributed by atoms with Gasteiger partial charge in [-0.05, 0) is 43.5 Å². The molecule has 1 N–H and O–H groups in total. The van der Waals surface area contributed by atoms with Crippen molar-refractivity contribution in [3.63, 3.8) is 0 Å². The SMILES string of the molecule is COc1ccc(Br)c(CN2CC(C)NCC23CCCC3)c1. The largest absolute Gasteiger partial charge is 0.497 e. The van der Waals surface area contributed by atoms with Crippen LogP contribution >= 0.6 is 15.9 Å². The molecule has 1 atom stereocenters. The van der Waals surface area contributed by atoms with Crippen LogP contribution < -0.4 is 10.1 Å². The Morgan fingerprint density at radius 3 is 2.86 bits per heavy atom. The van der Waals surface area contributed by atoms with Gasteiger partial charge >= 0.3 is 0 Å². The average Bonchev–Trinajstić information content (AvgIpc) is 2.95. The fourth-order valence-corrected chi connectivity index (χ4v) is 4.20. The van der Waals surface area contributed by atoms with Gasteiger partial charge in [0.15, 0.2) is 0 Å². The first kappa shape index (κ1) is 15.3. The lowest BCUT2D eigenvalue weighted by Crippen LogP contribution is -2.62. The molecule has 0 amide bonds. The van der Waals surface area contributed by atoms with Crippen molar-refractivity contribution in [2.45, 2.75) is 50.7 Å². The van der Waals surface area contributed by atoms with Gasteiger partial charge in [0, 0.05) is 35.7 Å². The van der Waals surface area contributed by atoms with Crippen LogP contribution in [0.2, 0.25) is 0 Å². The minimum atomic E-state index is 0.370. The second-order valence-electron chi connectivity index (χ2n) is 6.55. The van der Waals surface area contributed by atoms with E-state index in [-0.39, 0.29) is 0 Å². The highest BCUT2D eigenvalue weighted by molar-refractivity contribution is 9.10. The quantitative estimate of drug-likeness (QED) is 0.899. The van der Waals surface area contributed by atoms with Gasteiger partial charge < -0.3 is 10.1 Å². The monoisotopic (exact) mass is 352 g/mol. The van der Waals surface area contributed by atoms with Gasteiger partial charge in [-0.2, -0.15) is 0 Å². The minimum absolute atomic E-state index is 0.370. The van der Waals surface area contributed by atoms with E-state index in [1.54, 1.807) is 7.11 Å². The summed E-state index contributed by atoms with van der Waals surface area (Å²) in [5.41, 5.74) is 1.70. The van der Waals surface area contributed by atoms with Crippen molar-refractivity contribution >= 4 is 15.9 Å². The summed E-state index contributed by atoms with van der Waals surface area (Å²) >= 11 is 3.70. The maximum absolute atomic E-state index is 5.39. The number of methoxy groups -OCH3 is 1. The normalized spacial score (nSPS) is 25.4. The number of hydrogen-bond acceptors (Lipinski definition) is 3. The van der Waals surface area contributed by atoms with Gasteiger partial charge in [0.05, 0.1) is 7.11 Å². The van der Waals surface area contributed by atoms with Gasteiger partial charge in [-0.25, -0.2) is 0 Å². The molecule has 1 spiro atoms. The lowest BCUT2D eigenvalue weighted by Gasteiger charge is -2.48. The number of rotatable bonds is 3. The molecule has 0 aromatic heterocycles. The van der Waals surface area contributed by atoms with Crippen molar-refractivity contribution in [1.82, 2.24) is 10.2 Å². The predicted molar refractivity (Wildman–Crippen MR) is 89.8 cm³/mol. The fraction of sp³-hybridized carbons (Fsp3) is 0.647. The van der Waals surface area contributed by atoms with Crippen LogP contribution in [0.15, 0.2) is 22.7 Å². The Bertz CT molecular complexity index is 500. The third-order valence-corrected chi connectivity index (χ3v) is 5.87. The molecule has 1 aliphatic carbocycles. The summed E-state index contributed by atoms with van der Waals surface area (Å²) in [6.07, 6.45) is 5.39. The first-order valence-electron chi connectivity index (χ1n) is 7.94. The van der Waals surface area contributed by atoms with Crippen molar-refractivity contribution in [1.29, 1.82) is 0 Å². The summed E-state index contributed by atoms with van der Waals surface area (Å²) in [7, 11) is 1.73. The lowest BCUT2D eigenvalue weighted by molar-refractivity contribution is 0.0390. The molecule has 0 radical (unpaired) electrons. The summed E-state index contributed by atoms with van der Waals surface area (Å²) < 4.78 is 6.57. The molecule has 0 bridgehead atoms. The highest BCUT2D eigenvalue weighted by atomic mass is 79.9. The van der Waals surface area contributed by atoms with E-state index in [1.807, 2.05) is 6.07 Å². The number of nitrogens with zero attached hydrogens (tertiary/aromatic N) is 1. The van der Waals surface area contributed by atoms with Crippen LogP contribution in [0.3, 0.4) is 0 Å². The Balaban J connectivity index is 1.83. The van der Waals surface area contributed by atoms with E-state index in [1.165, 1.54) is 35.7 Å². The molecule has 1 saturated carbocycles. The number of benzene rings is 1. The zero-order valence-corrected chi connectivity index (χ0v) is 14.6. The van der Waals surface area contributed by atoms with Crippen molar-refractivity contribution in [3.8, 4) is 5.75 Å². The van der Waals surface area contributed by atoms with Crippen molar-refractivity contribution in [2.24, 2.45) is 0 Å². The number of nitrogens with one attached hydrogen (secondary N) is 1. The van der Waals surface area contributed by atoms with Crippen LogP contribution in [0.5, 0.6) is 5.75 Å². The van der Waals surface area contributed by atoms with E-state index < -0.39 is 0 Å². The molecule has 2 fully saturated rings. The molecule has 1 unspecified atom stereocenters. The van der Waals surface area contributed by atoms with Gasteiger partial charge in [0.2, 0.25) is 0 Å². The summed E-state index contributed by atoms with van der Waals surface area (Å²) in [4.78, 5) is 2.71. The van der Waals surface area contributed by atoms with E-state index in [9.17, 15) is 0 Å². The van der Waals surface area contributed by atoms with Crippen LogP contribution in [0, 0.1) is 0 Å². The molecule has 1 aliphatic heterocycles. The highest BCUT2D eigenvalue weighted by Gasteiger charge is 2.42. The fourth-order valence-electron chi connectivity index (χ4n) is 3.83. The number of halogens is 1. The summed E-state index contributed by atoms with van der Waals surface area (Å²) in [5, 5.41) is 3.69. The first-order valence-corrected chi connectivity index (χ1v) is 8.73. The standard InChI is InChI=1S/C17H25BrN2O/c1-13-10-20(17(12-19-13)7-3-4-8-17)11-14-9-15(21-2)5-6-16(14)18/h5-6,9,13,19H,3-4,7-8,10-12H2,1-2H3. The topological polar surface area (TPSA) is 24.5 Å². The van der Waals surface area contributed by atoms with E-state index in [0.29, 0.717) is 11.6 Å². The Morgan fingerprint density at radius 2 is 2.14 bits per heavy atom. The molecule has 4 heteroatoms. The molecule has 3 nitrogen and oxygen atoms in total. The average molecular weight is 353 g/mol. The van der Waals surface area contributed by atoms with Crippen molar-refractivity contribution in [3.05, 3.63) is 28.2 Å². The number of ether oxygens (including phenoxy) is 1.